The quantitative estimate of drug-likeness (QED) is 0.0149. The van der Waals surface area contributed by atoms with Crippen molar-refractivity contribution >= 4 is 11.9 Å². The van der Waals surface area contributed by atoms with Crippen molar-refractivity contribution < 1.29 is 49.3 Å². The molecule has 1 heterocycles. The first-order valence-corrected chi connectivity index (χ1v) is 32.7. The highest BCUT2D eigenvalue weighted by molar-refractivity contribution is 5.80. The van der Waals surface area contributed by atoms with Gasteiger partial charge in [0.1, 0.15) is 24.4 Å². The van der Waals surface area contributed by atoms with Gasteiger partial charge in [-0.3, -0.25) is 9.59 Å². The summed E-state index contributed by atoms with van der Waals surface area (Å²) < 4.78 is 17.6. The fraction of sp³-hybridized carbons (Fsp3) is 0.794. The van der Waals surface area contributed by atoms with E-state index in [0.717, 1.165) is 83.5 Å². The van der Waals surface area contributed by atoms with E-state index in [2.05, 4.69) is 68.6 Å². The summed E-state index contributed by atoms with van der Waals surface area (Å²) >= 11 is 0. The number of unbranched alkanes of at least 4 members (excludes halogenated alkanes) is 33. The lowest BCUT2D eigenvalue weighted by Gasteiger charge is -2.41. The van der Waals surface area contributed by atoms with Gasteiger partial charge >= 0.3 is 5.97 Å². The number of aliphatic hydroxyl groups is 5. The summed E-state index contributed by atoms with van der Waals surface area (Å²) in [5, 5.41) is 57.0. The number of carbonyl (C=O) groups is 2. The van der Waals surface area contributed by atoms with Crippen LogP contribution in [-0.4, -0.2) is 99.6 Å². The van der Waals surface area contributed by atoms with Gasteiger partial charge < -0.3 is 45.1 Å². The number of esters is 1. The van der Waals surface area contributed by atoms with Crippen LogP contribution in [0.3, 0.4) is 0 Å². The van der Waals surface area contributed by atoms with Gasteiger partial charge in [-0.1, -0.05) is 273 Å². The maximum atomic E-state index is 13.4. The predicted molar refractivity (Wildman–Crippen MR) is 329 cm³/mol. The van der Waals surface area contributed by atoms with Crippen LogP contribution in [0.5, 0.6) is 0 Å². The molecule has 1 amide bonds. The molecule has 1 saturated heterocycles. The van der Waals surface area contributed by atoms with E-state index in [-0.39, 0.29) is 19.4 Å². The largest absolute Gasteiger partial charge is 0.454 e. The molecule has 11 nitrogen and oxygen atoms in total. The van der Waals surface area contributed by atoms with Crippen LogP contribution in [0.15, 0.2) is 72.9 Å². The zero-order chi connectivity index (χ0) is 57.5. The third-order valence-electron chi connectivity index (χ3n) is 15.2. The fourth-order valence-electron chi connectivity index (χ4n) is 9.98. The first-order valence-electron chi connectivity index (χ1n) is 32.7. The van der Waals surface area contributed by atoms with Gasteiger partial charge in [-0.15, -0.1) is 0 Å². The highest BCUT2D eigenvalue weighted by Gasteiger charge is 2.47. The van der Waals surface area contributed by atoms with Gasteiger partial charge in [0, 0.05) is 6.42 Å². The Balaban J connectivity index is 2.56. The summed E-state index contributed by atoms with van der Waals surface area (Å²) in [4.78, 5) is 26.5. The molecule has 8 atom stereocenters. The highest BCUT2D eigenvalue weighted by atomic mass is 16.7. The van der Waals surface area contributed by atoms with Crippen LogP contribution in [-0.2, 0) is 23.8 Å². The van der Waals surface area contributed by atoms with Gasteiger partial charge in [-0.2, -0.15) is 0 Å². The van der Waals surface area contributed by atoms with E-state index in [4.69, 9.17) is 14.2 Å². The normalized spacial score (nSPS) is 19.3. The number of nitrogens with one attached hydrogen (secondary N) is 1. The molecule has 1 fully saturated rings. The van der Waals surface area contributed by atoms with Gasteiger partial charge in [-0.25, -0.2) is 0 Å². The zero-order valence-corrected chi connectivity index (χ0v) is 50.7. The number of ether oxygens (including phenoxy) is 3. The third kappa shape index (κ3) is 43.5. The van der Waals surface area contributed by atoms with Crippen molar-refractivity contribution in [2.24, 2.45) is 0 Å². The fourth-order valence-corrected chi connectivity index (χ4v) is 9.98. The van der Waals surface area contributed by atoms with E-state index in [1.54, 1.807) is 6.08 Å². The van der Waals surface area contributed by atoms with E-state index in [0.29, 0.717) is 12.8 Å². The Morgan fingerprint density at radius 3 is 1.48 bits per heavy atom. The van der Waals surface area contributed by atoms with E-state index < -0.39 is 67.4 Å². The summed E-state index contributed by atoms with van der Waals surface area (Å²) in [7, 11) is 0. The number of hydrogen-bond acceptors (Lipinski definition) is 10. The van der Waals surface area contributed by atoms with Gasteiger partial charge in [0.05, 0.1) is 25.4 Å². The van der Waals surface area contributed by atoms with Crippen molar-refractivity contribution in [3.05, 3.63) is 72.9 Å². The van der Waals surface area contributed by atoms with Crippen LogP contribution in [0.2, 0.25) is 0 Å². The lowest BCUT2D eigenvalue weighted by atomic mass is 9.99. The highest BCUT2D eigenvalue weighted by Crippen LogP contribution is 2.26. The first kappa shape index (κ1) is 74.1. The van der Waals surface area contributed by atoms with Crippen LogP contribution in [0.4, 0.5) is 0 Å². The number of hydrogen-bond donors (Lipinski definition) is 6. The summed E-state index contributed by atoms with van der Waals surface area (Å²) in [6.45, 7) is 5.62. The van der Waals surface area contributed by atoms with E-state index in [1.165, 1.54) is 154 Å². The average Bonchev–Trinajstić information content (AvgIpc) is 3.47. The summed E-state index contributed by atoms with van der Waals surface area (Å²) in [5.41, 5.74) is 0. The Morgan fingerprint density at radius 2 is 0.962 bits per heavy atom. The standard InChI is InChI=1S/C68H121NO10/c1-4-7-10-13-16-19-22-24-25-26-27-28-29-30-31-32-33-34-35-36-38-40-43-46-49-52-55-61(72)67(76)69-59(60(71)54-51-48-45-42-39-21-18-15-12-9-6-3)58-77-68-66(65(75)64(74)62(57-70)78-68)79-63(73)56-53-50-47-44-41-37-23-20-17-14-11-8-5-2/h8,11,14,16-17,19-20,23-25,51,54,59-62,64-66,68,70-72,74-75H,4-7,9-10,12-13,15,18,21-22,26-50,52-53,55-58H2,1-3H3,(H,69,76)/b11-8+,17-14+,19-16-,23-20-,25-24-,54-51+. The zero-order valence-electron chi connectivity index (χ0n) is 50.7. The molecule has 0 bridgehead atoms. The van der Waals surface area contributed by atoms with Crippen molar-refractivity contribution in [2.45, 2.75) is 333 Å². The Morgan fingerprint density at radius 1 is 0.519 bits per heavy atom. The number of rotatable bonds is 55. The number of amides is 1. The number of allylic oxidation sites excluding steroid dienone is 11. The molecule has 1 aliphatic rings. The van der Waals surface area contributed by atoms with Gasteiger partial charge in [0.25, 0.3) is 0 Å². The van der Waals surface area contributed by atoms with Crippen molar-refractivity contribution in [3.63, 3.8) is 0 Å². The molecule has 6 N–H and O–H groups in total. The topological polar surface area (TPSA) is 175 Å². The van der Waals surface area contributed by atoms with Crippen LogP contribution >= 0.6 is 0 Å². The van der Waals surface area contributed by atoms with Crippen molar-refractivity contribution in [1.29, 1.82) is 0 Å². The number of carbonyl (C=O) groups excluding carboxylic acids is 2. The Kier molecular flexibility index (Phi) is 52.2. The minimum atomic E-state index is -1.62. The van der Waals surface area contributed by atoms with Crippen LogP contribution < -0.4 is 5.32 Å². The summed E-state index contributed by atoms with van der Waals surface area (Å²) in [5.74, 6) is -1.21. The Bertz CT molecular complexity index is 1560. The number of aliphatic hydroxyl groups excluding tert-OH is 5. The lowest BCUT2D eigenvalue weighted by molar-refractivity contribution is -0.305. The molecule has 0 spiro atoms. The maximum Gasteiger partial charge on any atom is 0.306 e. The SMILES string of the molecule is CC/C=C/C=C/C=C\CCCCCCCC(=O)OC1C(OCC(NC(=O)C(O)CCCCCCCCCCCCCCCCCC/C=C\C/C=C\CCCCC)C(O)/C=C/CCCCCCCCCCC)OC(CO)C(O)C1O. The molecule has 11 heteroatoms. The summed E-state index contributed by atoms with van der Waals surface area (Å²) in [6.07, 6.45) is 61.0. The molecule has 0 saturated carbocycles. The molecule has 79 heavy (non-hydrogen) atoms. The smallest absolute Gasteiger partial charge is 0.306 e. The molecule has 0 aliphatic carbocycles. The third-order valence-corrected chi connectivity index (χ3v) is 15.2. The second-order valence-corrected chi connectivity index (χ2v) is 22.5. The van der Waals surface area contributed by atoms with Gasteiger partial charge in [-0.05, 0) is 77.0 Å². The minimum absolute atomic E-state index is 0.0994. The van der Waals surface area contributed by atoms with Crippen molar-refractivity contribution in [1.82, 2.24) is 5.32 Å². The minimum Gasteiger partial charge on any atom is -0.454 e. The predicted octanol–water partition coefficient (Wildman–Crippen LogP) is 16.0. The van der Waals surface area contributed by atoms with Crippen molar-refractivity contribution in [3.8, 4) is 0 Å². The molecular formula is C68H121NO10. The van der Waals surface area contributed by atoms with Crippen LogP contribution in [0, 0.1) is 0 Å². The Labute approximate surface area is 483 Å². The van der Waals surface area contributed by atoms with Crippen molar-refractivity contribution in [2.75, 3.05) is 13.2 Å². The first-order chi connectivity index (χ1) is 38.7. The van der Waals surface area contributed by atoms with E-state index in [9.17, 15) is 35.1 Å². The monoisotopic (exact) mass is 1110 g/mol. The lowest BCUT2D eigenvalue weighted by Crippen LogP contribution is -2.61. The average molecular weight is 1110 g/mol. The molecule has 0 radical (unpaired) electrons. The molecule has 0 aromatic carbocycles. The molecule has 1 aliphatic heterocycles. The molecule has 1 rings (SSSR count). The maximum absolute atomic E-state index is 13.4. The molecule has 0 aromatic rings. The summed E-state index contributed by atoms with van der Waals surface area (Å²) in [6, 6.07) is -1.03. The molecule has 0 aromatic heterocycles. The molecule has 458 valence electrons. The molecular weight excluding hydrogens is 991 g/mol. The van der Waals surface area contributed by atoms with Crippen LogP contribution in [0.1, 0.15) is 284 Å². The van der Waals surface area contributed by atoms with Crippen LogP contribution in [0.25, 0.3) is 0 Å². The van der Waals surface area contributed by atoms with Gasteiger partial charge in [0.2, 0.25) is 5.91 Å². The van der Waals surface area contributed by atoms with E-state index >= 15 is 0 Å². The second-order valence-electron chi connectivity index (χ2n) is 22.5. The van der Waals surface area contributed by atoms with E-state index in [1.807, 2.05) is 24.3 Å². The second kappa shape index (κ2) is 55.6. The van der Waals surface area contributed by atoms with Gasteiger partial charge in [0.15, 0.2) is 12.4 Å². The Hall–Kier alpha value is -2.90. The molecule has 8 unspecified atom stereocenters.